The van der Waals surface area contributed by atoms with Crippen molar-refractivity contribution in [1.29, 1.82) is 0 Å². The van der Waals surface area contributed by atoms with Gasteiger partial charge in [-0.25, -0.2) is 4.98 Å². The van der Waals surface area contributed by atoms with Crippen molar-refractivity contribution in [3.63, 3.8) is 0 Å². The summed E-state index contributed by atoms with van der Waals surface area (Å²) >= 11 is 5.82. The number of anilines is 1. The highest BCUT2D eigenvalue weighted by molar-refractivity contribution is 6.32. The molecule has 86 valence electrons. The summed E-state index contributed by atoms with van der Waals surface area (Å²) < 4.78 is 0. The minimum atomic E-state index is 0.340. The second kappa shape index (κ2) is 5.65. The van der Waals surface area contributed by atoms with E-state index in [1.54, 1.807) is 0 Å². The molecule has 0 atom stereocenters. The molecule has 5 N–H and O–H groups in total. The average Bonchev–Trinajstić information content (AvgIpc) is 2.33. The largest absolute Gasteiger partial charge is 0.400 e. The SMILES string of the molecule is CO.NCc1ccc2cc(N)c(Cl)nc2c1. The molecule has 2 rings (SSSR count). The Labute approximate surface area is 98.8 Å². The summed E-state index contributed by atoms with van der Waals surface area (Å²) in [5.41, 5.74) is 13.5. The lowest BCUT2D eigenvalue weighted by atomic mass is 10.1. The number of aromatic nitrogens is 1. The van der Waals surface area contributed by atoms with Crippen LogP contribution in [0.3, 0.4) is 0 Å². The van der Waals surface area contributed by atoms with Gasteiger partial charge in [0.15, 0.2) is 5.15 Å². The predicted octanol–water partition coefficient (Wildman–Crippen LogP) is 1.54. The Hall–Kier alpha value is -1.36. The van der Waals surface area contributed by atoms with Gasteiger partial charge in [-0.15, -0.1) is 0 Å². The van der Waals surface area contributed by atoms with E-state index >= 15 is 0 Å². The normalized spacial score (nSPS) is 9.75. The van der Waals surface area contributed by atoms with Gasteiger partial charge in [-0.3, -0.25) is 0 Å². The Morgan fingerprint density at radius 1 is 1.31 bits per heavy atom. The number of nitrogens with two attached hydrogens (primary N) is 2. The van der Waals surface area contributed by atoms with E-state index in [4.69, 9.17) is 28.2 Å². The number of hydrogen-bond acceptors (Lipinski definition) is 4. The summed E-state index contributed by atoms with van der Waals surface area (Å²) in [6.07, 6.45) is 0. The number of nitrogens with zero attached hydrogens (tertiary/aromatic N) is 1. The molecule has 0 spiro atoms. The number of halogens is 1. The van der Waals surface area contributed by atoms with Crippen molar-refractivity contribution in [2.75, 3.05) is 12.8 Å². The molecular weight excluding hydrogens is 226 g/mol. The molecule has 0 fully saturated rings. The van der Waals surface area contributed by atoms with Gasteiger partial charge in [0.1, 0.15) is 0 Å². The van der Waals surface area contributed by atoms with E-state index in [2.05, 4.69) is 4.98 Å². The maximum Gasteiger partial charge on any atom is 0.152 e. The van der Waals surface area contributed by atoms with Crippen LogP contribution in [0.1, 0.15) is 5.56 Å². The molecule has 0 bridgehead atoms. The maximum atomic E-state index is 7.00. The number of rotatable bonds is 1. The van der Waals surface area contributed by atoms with Crippen LogP contribution in [-0.4, -0.2) is 17.2 Å². The summed E-state index contributed by atoms with van der Waals surface area (Å²) in [7, 11) is 1.00. The first-order valence-corrected chi connectivity index (χ1v) is 5.08. The van der Waals surface area contributed by atoms with Crippen LogP contribution in [0.4, 0.5) is 5.69 Å². The highest BCUT2D eigenvalue weighted by Crippen LogP contribution is 2.22. The molecule has 0 amide bonds. The molecule has 0 aliphatic heterocycles. The van der Waals surface area contributed by atoms with Crippen molar-refractivity contribution in [3.8, 4) is 0 Å². The fraction of sp³-hybridized carbons (Fsp3) is 0.182. The molecule has 1 heterocycles. The molecule has 5 heteroatoms. The van der Waals surface area contributed by atoms with Gasteiger partial charge in [0.25, 0.3) is 0 Å². The summed E-state index contributed by atoms with van der Waals surface area (Å²) in [5.74, 6) is 0. The first-order valence-electron chi connectivity index (χ1n) is 4.70. The zero-order chi connectivity index (χ0) is 12.1. The fourth-order valence-electron chi connectivity index (χ4n) is 1.33. The number of benzene rings is 1. The van der Waals surface area contributed by atoms with Crippen LogP contribution in [0.5, 0.6) is 0 Å². The number of hydrogen-bond donors (Lipinski definition) is 3. The van der Waals surface area contributed by atoms with Crippen molar-refractivity contribution < 1.29 is 5.11 Å². The van der Waals surface area contributed by atoms with E-state index in [1.165, 1.54) is 0 Å². The Kier molecular flexibility index (Phi) is 4.49. The van der Waals surface area contributed by atoms with Crippen molar-refractivity contribution in [1.82, 2.24) is 4.98 Å². The number of pyridine rings is 1. The van der Waals surface area contributed by atoms with E-state index in [0.717, 1.165) is 23.6 Å². The number of fused-ring (bicyclic) bond motifs is 1. The topological polar surface area (TPSA) is 85.2 Å². The standard InChI is InChI=1S/C10H10ClN3.CH4O/c11-10-8(13)4-7-2-1-6(5-12)3-9(7)14-10;1-2/h1-4H,5,12-13H2;2H,1H3. The van der Waals surface area contributed by atoms with Crippen molar-refractivity contribution in [3.05, 3.63) is 35.0 Å². The lowest BCUT2D eigenvalue weighted by Gasteiger charge is -2.03. The van der Waals surface area contributed by atoms with Crippen molar-refractivity contribution >= 4 is 28.2 Å². The third-order valence-electron chi connectivity index (χ3n) is 2.10. The Balaban J connectivity index is 0.000000606. The molecule has 0 radical (unpaired) electrons. The first-order chi connectivity index (χ1) is 7.70. The quantitative estimate of drug-likeness (QED) is 0.659. The molecule has 1 aromatic heterocycles. The van der Waals surface area contributed by atoms with Crippen LogP contribution in [0.25, 0.3) is 10.9 Å². The molecule has 0 saturated heterocycles. The van der Waals surface area contributed by atoms with E-state index in [-0.39, 0.29) is 0 Å². The summed E-state index contributed by atoms with van der Waals surface area (Å²) in [4.78, 5) is 4.17. The molecule has 2 aromatic rings. The van der Waals surface area contributed by atoms with E-state index in [1.807, 2.05) is 24.3 Å². The zero-order valence-corrected chi connectivity index (χ0v) is 9.70. The highest BCUT2D eigenvalue weighted by atomic mass is 35.5. The molecule has 0 saturated carbocycles. The van der Waals surface area contributed by atoms with Crippen LogP contribution in [0, 0.1) is 0 Å². The predicted molar refractivity (Wildman–Crippen MR) is 67.2 cm³/mol. The monoisotopic (exact) mass is 239 g/mol. The Morgan fingerprint density at radius 3 is 2.62 bits per heavy atom. The summed E-state index contributed by atoms with van der Waals surface area (Å²) in [5, 5.41) is 8.32. The smallest absolute Gasteiger partial charge is 0.152 e. The van der Waals surface area contributed by atoms with Gasteiger partial charge in [-0.2, -0.15) is 0 Å². The summed E-state index contributed by atoms with van der Waals surface area (Å²) in [6, 6.07) is 7.63. The minimum absolute atomic E-state index is 0.340. The van der Waals surface area contributed by atoms with Gasteiger partial charge < -0.3 is 16.6 Å². The fourth-order valence-corrected chi connectivity index (χ4v) is 1.48. The third kappa shape index (κ3) is 2.61. The van der Waals surface area contributed by atoms with E-state index < -0.39 is 0 Å². The molecule has 16 heavy (non-hydrogen) atoms. The number of aliphatic hydroxyl groups excluding tert-OH is 1. The van der Waals surface area contributed by atoms with Crippen LogP contribution in [-0.2, 0) is 6.54 Å². The van der Waals surface area contributed by atoms with E-state index in [0.29, 0.717) is 17.4 Å². The first kappa shape index (κ1) is 12.7. The lowest BCUT2D eigenvalue weighted by molar-refractivity contribution is 0.399. The second-order valence-electron chi connectivity index (χ2n) is 3.10. The minimum Gasteiger partial charge on any atom is -0.400 e. The lowest BCUT2D eigenvalue weighted by Crippen LogP contribution is -1.96. The molecule has 4 nitrogen and oxygen atoms in total. The molecular formula is C11H14ClN3O. The second-order valence-corrected chi connectivity index (χ2v) is 3.46. The van der Waals surface area contributed by atoms with Gasteiger partial charge in [-0.1, -0.05) is 23.7 Å². The Morgan fingerprint density at radius 2 is 2.00 bits per heavy atom. The number of nitrogen functional groups attached to an aromatic ring is 1. The van der Waals surface area contributed by atoms with Gasteiger partial charge >= 0.3 is 0 Å². The van der Waals surface area contributed by atoms with Crippen molar-refractivity contribution in [2.45, 2.75) is 6.54 Å². The van der Waals surface area contributed by atoms with Gasteiger partial charge in [0.2, 0.25) is 0 Å². The van der Waals surface area contributed by atoms with Crippen LogP contribution in [0.15, 0.2) is 24.3 Å². The van der Waals surface area contributed by atoms with Crippen LogP contribution >= 0.6 is 11.6 Å². The average molecular weight is 240 g/mol. The number of aliphatic hydroxyl groups is 1. The molecule has 1 aromatic carbocycles. The zero-order valence-electron chi connectivity index (χ0n) is 8.94. The third-order valence-corrected chi connectivity index (χ3v) is 2.40. The maximum absolute atomic E-state index is 7.00. The van der Waals surface area contributed by atoms with Crippen LogP contribution in [0.2, 0.25) is 5.15 Å². The van der Waals surface area contributed by atoms with Crippen molar-refractivity contribution in [2.24, 2.45) is 5.73 Å². The van der Waals surface area contributed by atoms with Gasteiger partial charge in [0.05, 0.1) is 11.2 Å². The Bertz CT molecular complexity index is 488. The van der Waals surface area contributed by atoms with Gasteiger partial charge in [-0.05, 0) is 17.7 Å². The molecule has 0 aliphatic rings. The summed E-state index contributed by atoms with van der Waals surface area (Å²) in [6.45, 7) is 0.500. The van der Waals surface area contributed by atoms with Gasteiger partial charge in [0, 0.05) is 19.0 Å². The van der Waals surface area contributed by atoms with E-state index in [9.17, 15) is 0 Å². The van der Waals surface area contributed by atoms with Crippen LogP contribution < -0.4 is 11.5 Å². The molecule has 0 aliphatic carbocycles. The molecule has 0 unspecified atom stereocenters. The highest BCUT2D eigenvalue weighted by Gasteiger charge is 2.01.